The smallest absolute Gasteiger partial charge is 0.350 e. The monoisotopic (exact) mass is 753 g/mol. The zero-order chi connectivity index (χ0) is 36.1. The molecule has 0 saturated heterocycles. The fourth-order valence-electron chi connectivity index (χ4n) is 4.97. The van der Waals surface area contributed by atoms with E-state index in [1.165, 1.54) is 24.3 Å². The van der Waals surface area contributed by atoms with Crippen LogP contribution >= 0.6 is 34.8 Å². The third kappa shape index (κ3) is 9.69. The van der Waals surface area contributed by atoms with Gasteiger partial charge >= 0.3 is 6.18 Å². The molecular formula is C35H33Cl3F3N3O4S. The first kappa shape index (κ1) is 38.0. The Balaban J connectivity index is 1.92. The van der Waals surface area contributed by atoms with Gasteiger partial charge in [0.2, 0.25) is 11.8 Å². The summed E-state index contributed by atoms with van der Waals surface area (Å²) < 4.78 is 70.4. The molecule has 4 aromatic carbocycles. The van der Waals surface area contributed by atoms with Crippen LogP contribution in [0.2, 0.25) is 15.1 Å². The van der Waals surface area contributed by atoms with Crippen LogP contribution in [0.15, 0.2) is 102 Å². The molecular weight excluding hydrogens is 722 g/mol. The largest absolute Gasteiger partial charge is 0.416 e. The summed E-state index contributed by atoms with van der Waals surface area (Å²) in [4.78, 5) is 29.5. The molecule has 0 aliphatic heterocycles. The first-order chi connectivity index (χ1) is 22.9. The molecule has 4 aromatic rings. The van der Waals surface area contributed by atoms with E-state index in [2.05, 4.69) is 5.32 Å². The van der Waals surface area contributed by atoms with Crippen LogP contribution < -0.4 is 9.62 Å². The number of nitrogens with zero attached hydrogens (tertiary/aromatic N) is 2. The molecule has 2 amide bonds. The summed E-state index contributed by atoms with van der Waals surface area (Å²) in [5.41, 5.74) is -1.55. The molecule has 0 heterocycles. The number of nitrogens with one attached hydrogen (secondary N) is 1. The van der Waals surface area contributed by atoms with E-state index in [1.54, 1.807) is 75.4 Å². The summed E-state index contributed by atoms with van der Waals surface area (Å²) in [6.45, 7) is 3.89. The van der Waals surface area contributed by atoms with Crippen molar-refractivity contribution >= 4 is 62.3 Å². The van der Waals surface area contributed by atoms with Crippen molar-refractivity contribution in [3.63, 3.8) is 0 Å². The summed E-state index contributed by atoms with van der Waals surface area (Å²) in [5, 5.41) is 2.88. The average Bonchev–Trinajstić information content (AvgIpc) is 3.02. The van der Waals surface area contributed by atoms with Crippen molar-refractivity contribution in [1.82, 2.24) is 10.2 Å². The lowest BCUT2D eigenvalue weighted by molar-refractivity contribution is -0.140. The number of amides is 2. The number of sulfonamides is 1. The molecule has 7 nitrogen and oxygen atoms in total. The zero-order valence-corrected chi connectivity index (χ0v) is 29.7. The topological polar surface area (TPSA) is 86.8 Å². The number of rotatable bonds is 11. The predicted octanol–water partition coefficient (Wildman–Crippen LogP) is 8.42. The lowest BCUT2D eigenvalue weighted by Crippen LogP contribution is -2.56. The molecule has 0 aliphatic carbocycles. The number of halogens is 6. The lowest BCUT2D eigenvalue weighted by Gasteiger charge is -2.35. The van der Waals surface area contributed by atoms with Crippen molar-refractivity contribution in [2.75, 3.05) is 10.8 Å². The van der Waals surface area contributed by atoms with Gasteiger partial charge in [-0.3, -0.25) is 13.9 Å². The van der Waals surface area contributed by atoms with Crippen LogP contribution in [0.5, 0.6) is 0 Å². The third-order valence-electron chi connectivity index (χ3n) is 7.31. The van der Waals surface area contributed by atoms with Crippen LogP contribution in [0.1, 0.15) is 37.5 Å². The van der Waals surface area contributed by atoms with Gasteiger partial charge in [0, 0.05) is 34.1 Å². The number of benzene rings is 4. The molecule has 1 N–H and O–H groups in total. The van der Waals surface area contributed by atoms with Gasteiger partial charge in [-0.1, -0.05) is 89.4 Å². The van der Waals surface area contributed by atoms with Gasteiger partial charge in [-0.25, -0.2) is 8.42 Å². The number of anilines is 1. The van der Waals surface area contributed by atoms with E-state index in [4.69, 9.17) is 34.8 Å². The lowest BCUT2D eigenvalue weighted by atomic mass is 10.0. The highest BCUT2D eigenvalue weighted by Gasteiger charge is 2.38. The number of hydrogen-bond donors (Lipinski definition) is 1. The first-order valence-corrected chi connectivity index (χ1v) is 17.5. The quantitative estimate of drug-likeness (QED) is 0.167. The van der Waals surface area contributed by atoms with Crippen LogP contribution in [0.4, 0.5) is 18.9 Å². The van der Waals surface area contributed by atoms with Crippen LogP contribution in [0.25, 0.3) is 0 Å². The van der Waals surface area contributed by atoms with Crippen LogP contribution in [-0.4, -0.2) is 43.3 Å². The minimum absolute atomic E-state index is 0.00762. The highest BCUT2D eigenvalue weighted by Crippen LogP contribution is 2.38. The Kier molecular flexibility index (Phi) is 12.0. The summed E-state index contributed by atoms with van der Waals surface area (Å²) in [6.07, 6.45) is -4.86. The normalized spacial score (nSPS) is 12.7. The van der Waals surface area contributed by atoms with Gasteiger partial charge in [0.05, 0.1) is 21.2 Å². The SMILES string of the molecule is CC(C)(C)NC(=O)[C@H](Cc1ccccc1)N(Cc1c(Cl)cccc1Cl)C(=O)CN(c1cc(C(F)(F)F)ccc1Cl)S(=O)(=O)c1ccccc1. The predicted molar refractivity (Wildman–Crippen MR) is 186 cm³/mol. The Labute approximate surface area is 298 Å². The van der Waals surface area contributed by atoms with E-state index in [0.717, 1.165) is 11.0 Å². The van der Waals surface area contributed by atoms with Gasteiger partial charge in [-0.05, 0) is 68.8 Å². The molecule has 1 atom stereocenters. The van der Waals surface area contributed by atoms with Gasteiger partial charge in [0.25, 0.3) is 10.0 Å². The molecule has 4 rings (SSSR count). The molecule has 260 valence electrons. The maximum Gasteiger partial charge on any atom is 0.416 e. The van der Waals surface area contributed by atoms with Crippen molar-refractivity contribution in [2.24, 2.45) is 0 Å². The Bertz CT molecular complexity index is 1890. The van der Waals surface area contributed by atoms with Crippen molar-refractivity contribution in [3.05, 3.63) is 129 Å². The standard InChI is InChI=1S/C35H33Cl3F3N3O4S/c1-34(2,3)42-33(46)31(19-23-11-6-4-7-12-23)43(21-26-27(36)15-10-16-28(26)37)32(45)22-44(49(47,48)25-13-8-5-9-14-25)30-20-24(35(39,40)41)17-18-29(30)38/h4-18,20,31H,19,21-22H2,1-3H3,(H,42,46)/t31-/m0/s1. The summed E-state index contributed by atoms with van der Waals surface area (Å²) >= 11 is 19.4. The van der Waals surface area contributed by atoms with E-state index < -0.39 is 57.4 Å². The highest BCUT2D eigenvalue weighted by atomic mass is 35.5. The molecule has 0 bridgehead atoms. The highest BCUT2D eigenvalue weighted by molar-refractivity contribution is 7.92. The number of hydrogen-bond acceptors (Lipinski definition) is 4. The van der Waals surface area contributed by atoms with Crippen molar-refractivity contribution in [2.45, 2.75) is 56.4 Å². The van der Waals surface area contributed by atoms with Crippen LogP contribution in [0.3, 0.4) is 0 Å². The fourth-order valence-corrected chi connectivity index (χ4v) is 7.21. The second-order valence-electron chi connectivity index (χ2n) is 12.2. The van der Waals surface area contributed by atoms with Gasteiger partial charge in [0.1, 0.15) is 12.6 Å². The van der Waals surface area contributed by atoms with Crippen molar-refractivity contribution < 1.29 is 31.2 Å². The van der Waals surface area contributed by atoms with Crippen molar-refractivity contribution in [1.29, 1.82) is 0 Å². The Morgan fingerprint density at radius 3 is 1.92 bits per heavy atom. The van der Waals surface area contributed by atoms with Gasteiger partial charge < -0.3 is 10.2 Å². The van der Waals surface area contributed by atoms with E-state index in [9.17, 15) is 31.2 Å². The number of carbonyl (C=O) groups excluding carboxylic acids is 2. The minimum atomic E-state index is -4.86. The Hall–Kier alpha value is -3.77. The molecule has 0 spiro atoms. The molecule has 49 heavy (non-hydrogen) atoms. The molecule has 0 aromatic heterocycles. The number of alkyl halides is 3. The summed E-state index contributed by atoms with van der Waals surface area (Å²) in [7, 11) is -4.71. The fraction of sp³-hybridized carbons (Fsp3) is 0.257. The molecule has 0 unspecified atom stereocenters. The van der Waals surface area contributed by atoms with E-state index in [0.29, 0.717) is 22.0 Å². The van der Waals surface area contributed by atoms with Crippen molar-refractivity contribution in [3.8, 4) is 0 Å². The van der Waals surface area contributed by atoms with Crippen LogP contribution in [0, 0.1) is 0 Å². The van der Waals surface area contributed by atoms with Gasteiger partial charge in [0.15, 0.2) is 0 Å². The first-order valence-electron chi connectivity index (χ1n) is 14.9. The second-order valence-corrected chi connectivity index (χ2v) is 15.2. The second kappa shape index (κ2) is 15.4. The molecule has 0 saturated carbocycles. The van der Waals surface area contributed by atoms with E-state index >= 15 is 0 Å². The average molecular weight is 755 g/mol. The van der Waals surface area contributed by atoms with E-state index in [-0.39, 0.29) is 38.5 Å². The maximum absolute atomic E-state index is 14.6. The summed E-state index contributed by atoms with van der Waals surface area (Å²) in [6, 6.07) is 21.3. The molecule has 0 fully saturated rings. The third-order valence-corrected chi connectivity index (χ3v) is 10.1. The molecule has 14 heteroatoms. The van der Waals surface area contributed by atoms with Gasteiger partial charge in [-0.2, -0.15) is 13.2 Å². The maximum atomic E-state index is 14.6. The van der Waals surface area contributed by atoms with Crippen LogP contribution in [-0.2, 0) is 38.8 Å². The Morgan fingerprint density at radius 1 is 0.796 bits per heavy atom. The molecule has 0 aliphatic rings. The summed E-state index contributed by atoms with van der Waals surface area (Å²) in [5.74, 6) is -1.50. The minimum Gasteiger partial charge on any atom is -0.350 e. The molecule has 0 radical (unpaired) electrons. The van der Waals surface area contributed by atoms with Gasteiger partial charge in [-0.15, -0.1) is 0 Å². The Morgan fingerprint density at radius 2 is 1.37 bits per heavy atom. The zero-order valence-electron chi connectivity index (χ0n) is 26.6. The van der Waals surface area contributed by atoms with E-state index in [1.807, 2.05) is 0 Å². The number of carbonyl (C=O) groups is 2.